The summed E-state index contributed by atoms with van der Waals surface area (Å²) in [5, 5.41) is 12.7. The highest BCUT2D eigenvalue weighted by atomic mass is 16.6. The van der Waals surface area contributed by atoms with Gasteiger partial charge in [0.15, 0.2) is 0 Å². The van der Waals surface area contributed by atoms with Crippen molar-refractivity contribution in [3.8, 4) is 5.75 Å². The van der Waals surface area contributed by atoms with Crippen LogP contribution in [0.25, 0.3) is 10.9 Å². The van der Waals surface area contributed by atoms with Gasteiger partial charge in [-0.25, -0.2) is 4.79 Å². The maximum atomic E-state index is 12.3. The van der Waals surface area contributed by atoms with Gasteiger partial charge in [-0.3, -0.25) is 4.65 Å². The molecule has 106 valence electrons. The number of hydroxylamine groups is 3. The van der Waals surface area contributed by atoms with Gasteiger partial charge in [-0.2, -0.15) is 0 Å². The number of ether oxygens (including phenoxy) is 1. The van der Waals surface area contributed by atoms with Crippen molar-refractivity contribution in [3.05, 3.63) is 47.8 Å². The fourth-order valence-electron chi connectivity index (χ4n) is 2.15. The van der Waals surface area contributed by atoms with Gasteiger partial charge in [0, 0.05) is 17.4 Å². The molecule has 20 heavy (non-hydrogen) atoms. The van der Waals surface area contributed by atoms with Crippen molar-refractivity contribution in [2.45, 2.75) is 6.54 Å². The molecule has 5 heteroatoms. The van der Waals surface area contributed by atoms with E-state index in [1.54, 1.807) is 23.8 Å². The minimum Gasteiger partial charge on any atom is -0.625 e. The number of carbonyl (C=O) groups excluding carboxylic acids is 1. The van der Waals surface area contributed by atoms with Crippen LogP contribution in [-0.4, -0.2) is 36.3 Å². The lowest BCUT2D eigenvalue weighted by molar-refractivity contribution is -0.753. The van der Waals surface area contributed by atoms with Crippen LogP contribution in [0.2, 0.25) is 0 Å². The van der Waals surface area contributed by atoms with Gasteiger partial charge >= 0.3 is 5.91 Å². The number of fused-ring (bicyclic) bond motifs is 1. The molecule has 0 fully saturated rings. The number of aromatic nitrogens is 1. The summed E-state index contributed by atoms with van der Waals surface area (Å²) in [6, 6.07) is 7.27. The molecule has 0 aliphatic heterocycles. The third-order valence-electron chi connectivity index (χ3n) is 3.13. The average Bonchev–Trinajstić information content (AvgIpc) is 2.75. The monoisotopic (exact) mass is 274 g/mol. The number of quaternary nitrogens is 1. The van der Waals surface area contributed by atoms with Gasteiger partial charge < -0.3 is 14.5 Å². The highest BCUT2D eigenvalue weighted by Gasteiger charge is 2.24. The Morgan fingerprint density at radius 3 is 2.70 bits per heavy atom. The number of hydrogen-bond donors (Lipinski definition) is 0. The lowest BCUT2D eigenvalue weighted by Gasteiger charge is -2.30. The SMILES string of the molecule is C=CCn1c(C(=O)[N+](C)(C)[O-])cc2cc(OC)ccc21. The van der Waals surface area contributed by atoms with Gasteiger partial charge in [-0.1, -0.05) is 6.08 Å². The molecule has 1 aromatic heterocycles. The van der Waals surface area contributed by atoms with Crippen molar-refractivity contribution < 1.29 is 14.2 Å². The number of hydrogen-bond acceptors (Lipinski definition) is 3. The van der Waals surface area contributed by atoms with Crippen LogP contribution in [0, 0.1) is 5.21 Å². The second-order valence-corrected chi connectivity index (χ2v) is 5.01. The Hall–Kier alpha value is -2.11. The van der Waals surface area contributed by atoms with Gasteiger partial charge in [0.25, 0.3) is 0 Å². The zero-order valence-corrected chi connectivity index (χ0v) is 11.9. The first kappa shape index (κ1) is 14.3. The number of benzene rings is 1. The summed E-state index contributed by atoms with van der Waals surface area (Å²) in [7, 11) is 4.23. The van der Waals surface area contributed by atoms with Crippen LogP contribution >= 0.6 is 0 Å². The summed E-state index contributed by atoms with van der Waals surface area (Å²) in [6.07, 6.45) is 1.70. The van der Waals surface area contributed by atoms with E-state index in [0.29, 0.717) is 18.0 Å². The number of amides is 1. The van der Waals surface area contributed by atoms with E-state index in [4.69, 9.17) is 4.74 Å². The highest BCUT2D eigenvalue weighted by Crippen LogP contribution is 2.26. The van der Waals surface area contributed by atoms with E-state index >= 15 is 0 Å². The van der Waals surface area contributed by atoms with Crippen LogP contribution in [0.15, 0.2) is 36.9 Å². The minimum atomic E-state index is -0.995. The zero-order valence-electron chi connectivity index (χ0n) is 11.9. The predicted octanol–water partition coefficient (Wildman–Crippen LogP) is 2.55. The van der Waals surface area contributed by atoms with E-state index in [0.717, 1.165) is 10.9 Å². The van der Waals surface area contributed by atoms with E-state index < -0.39 is 10.6 Å². The maximum Gasteiger partial charge on any atom is 0.362 e. The van der Waals surface area contributed by atoms with Crippen LogP contribution in [0.5, 0.6) is 5.75 Å². The number of allylic oxidation sites excluding steroid dienone is 1. The Kier molecular flexibility index (Phi) is 3.65. The van der Waals surface area contributed by atoms with Crippen molar-refractivity contribution in [2.75, 3.05) is 21.2 Å². The Morgan fingerprint density at radius 1 is 1.45 bits per heavy atom. The lowest BCUT2D eigenvalue weighted by Crippen LogP contribution is -2.40. The van der Waals surface area contributed by atoms with Crippen molar-refractivity contribution in [1.82, 2.24) is 4.57 Å². The molecule has 1 amide bonds. The Bertz CT molecular complexity index is 666. The molecule has 0 spiro atoms. The van der Waals surface area contributed by atoms with Gasteiger partial charge in [-0.05, 0) is 24.3 Å². The average molecular weight is 274 g/mol. The summed E-state index contributed by atoms with van der Waals surface area (Å²) >= 11 is 0. The molecule has 1 heterocycles. The number of rotatable bonds is 4. The second kappa shape index (κ2) is 5.11. The third-order valence-corrected chi connectivity index (χ3v) is 3.13. The molecule has 0 saturated heterocycles. The molecule has 0 unspecified atom stereocenters. The van der Waals surface area contributed by atoms with Crippen LogP contribution in [0.3, 0.4) is 0 Å². The Balaban J connectivity index is 2.67. The first-order chi connectivity index (χ1) is 9.38. The van der Waals surface area contributed by atoms with E-state index in [9.17, 15) is 10.0 Å². The molecular weight excluding hydrogens is 256 g/mol. The van der Waals surface area contributed by atoms with Gasteiger partial charge in [-0.15, -0.1) is 6.58 Å². The second-order valence-electron chi connectivity index (χ2n) is 5.01. The van der Waals surface area contributed by atoms with Crippen molar-refractivity contribution >= 4 is 16.8 Å². The largest absolute Gasteiger partial charge is 0.625 e. The molecule has 2 rings (SSSR count). The standard InChI is InChI=1S/C15H18N2O3/c1-5-8-16-13-7-6-12(20-4)9-11(13)10-14(16)15(18)17(2,3)19/h5-7,9-10H,1,8H2,2-4H3. The van der Waals surface area contributed by atoms with Gasteiger partial charge in [0.2, 0.25) is 0 Å². The number of methoxy groups -OCH3 is 1. The smallest absolute Gasteiger partial charge is 0.362 e. The Labute approximate surface area is 117 Å². The fraction of sp³-hybridized carbons (Fsp3) is 0.267. The van der Waals surface area contributed by atoms with Crippen LogP contribution in [-0.2, 0) is 6.54 Å². The van der Waals surface area contributed by atoms with Crippen LogP contribution in [0.1, 0.15) is 10.5 Å². The van der Waals surface area contributed by atoms with E-state index in [1.807, 2.05) is 18.2 Å². The summed E-state index contributed by atoms with van der Waals surface area (Å²) in [6.45, 7) is 4.17. The van der Waals surface area contributed by atoms with Gasteiger partial charge in [0.05, 0.1) is 21.2 Å². The molecular formula is C15H18N2O3. The normalized spacial score (nSPS) is 11.6. The number of carbonyl (C=O) groups is 1. The first-order valence-electron chi connectivity index (χ1n) is 6.26. The maximum absolute atomic E-state index is 12.3. The van der Waals surface area contributed by atoms with Crippen LogP contribution in [0.4, 0.5) is 0 Å². The molecule has 0 saturated carbocycles. The minimum absolute atomic E-state index is 0.383. The fourth-order valence-corrected chi connectivity index (χ4v) is 2.15. The molecule has 0 aliphatic rings. The van der Waals surface area contributed by atoms with E-state index in [-0.39, 0.29) is 0 Å². The van der Waals surface area contributed by atoms with E-state index in [1.165, 1.54) is 14.1 Å². The zero-order chi connectivity index (χ0) is 14.9. The van der Waals surface area contributed by atoms with Crippen LogP contribution < -0.4 is 4.74 Å². The summed E-state index contributed by atoms with van der Waals surface area (Å²) in [4.78, 5) is 12.3. The van der Waals surface area contributed by atoms with E-state index in [2.05, 4.69) is 6.58 Å². The van der Waals surface area contributed by atoms with Gasteiger partial charge in [0.1, 0.15) is 11.4 Å². The summed E-state index contributed by atoms with van der Waals surface area (Å²) < 4.78 is 5.98. The molecule has 0 atom stereocenters. The third kappa shape index (κ3) is 2.45. The molecule has 5 nitrogen and oxygen atoms in total. The topological polar surface area (TPSA) is 54.3 Å². The highest BCUT2D eigenvalue weighted by molar-refractivity contribution is 5.95. The first-order valence-corrected chi connectivity index (χ1v) is 6.26. The summed E-state index contributed by atoms with van der Waals surface area (Å²) in [5.74, 6) is 0.227. The molecule has 0 radical (unpaired) electrons. The molecule has 1 aromatic carbocycles. The molecule has 0 bridgehead atoms. The predicted molar refractivity (Wildman–Crippen MR) is 78.5 cm³/mol. The Morgan fingerprint density at radius 2 is 2.15 bits per heavy atom. The molecule has 0 N–H and O–H groups in total. The van der Waals surface area contributed by atoms with Crippen molar-refractivity contribution in [3.63, 3.8) is 0 Å². The summed E-state index contributed by atoms with van der Waals surface area (Å²) in [5.41, 5.74) is 1.26. The van der Waals surface area contributed by atoms with Crippen molar-refractivity contribution in [1.29, 1.82) is 0 Å². The number of nitrogens with zero attached hydrogens (tertiary/aromatic N) is 2. The quantitative estimate of drug-likeness (QED) is 0.489. The van der Waals surface area contributed by atoms with Crippen molar-refractivity contribution in [2.24, 2.45) is 0 Å². The molecule has 0 aliphatic carbocycles. The lowest BCUT2D eigenvalue weighted by atomic mass is 10.2. The molecule has 2 aromatic rings.